The molecule has 0 saturated carbocycles. The Morgan fingerprint density at radius 1 is 1.06 bits per heavy atom. The predicted molar refractivity (Wildman–Crippen MR) is 75.5 cm³/mol. The van der Waals surface area contributed by atoms with Crippen LogP contribution in [0.2, 0.25) is 0 Å². The summed E-state index contributed by atoms with van der Waals surface area (Å²) in [5.41, 5.74) is 12.0. The quantitative estimate of drug-likeness (QED) is 0.851. The van der Waals surface area contributed by atoms with E-state index < -0.39 is 0 Å². The average molecular weight is 237 g/mol. The van der Waals surface area contributed by atoms with Crippen LogP contribution < -0.4 is 5.73 Å². The number of hydrogen-bond donors (Lipinski definition) is 1. The summed E-state index contributed by atoms with van der Waals surface area (Å²) >= 11 is 0. The molecule has 0 radical (unpaired) electrons. The maximum Gasteiger partial charge on any atom is 0.0456 e. The highest BCUT2D eigenvalue weighted by atomic mass is 14.8. The first-order chi connectivity index (χ1) is 8.69. The van der Waals surface area contributed by atoms with Crippen LogP contribution in [-0.2, 0) is 18.4 Å². The molecule has 2 aromatic carbocycles. The Balaban J connectivity index is 1.96. The van der Waals surface area contributed by atoms with E-state index in [0.717, 1.165) is 19.3 Å². The summed E-state index contributed by atoms with van der Waals surface area (Å²) in [5, 5.41) is 0. The van der Waals surface area contributed by atoms with Gasteiger partial charge in [0.1, 0.15) is 0 Å². The highest BCUT2D eigenvalue weighted by Gasteiger charge is 2.34. The molecule has 0 saturated heterocycles. The molecule has 0 aliphatic heterocycles. The topological polar surface area (TPSA) is 26.0 Å². The van der Waals surface area contributed by atoms with E-state index in [1.165, 1.54) is 22.3 Å². The zero-order valence-electron chi connectivity index (χ0n) is 10.8. The zero-order chi connectivity index (χ0) is 12.6. The van der Waals surface area contributed by atoms with Crippen molar-refractivity contribution in [1.29, 1.82) is 0 Å². The van der Waals surface area contributed by atoms with Gasteiger partial charge in [-0.1, -0.05) is 48.5 Å². The molecule has 0 aromatic heterocycles. The molecule has 1 nitrogen and oxygen atoms in total. The summed E-state index contributed by atoms with van der Waals surface area (Å²) < 4.78 is 0. The van der Waals surface area contributed by atoms with Crippen molar-refractivity contribution in [2.24, 2.45) is 5.73 Å². The zero-order valence-corrected chi connectivity index (χ0v) is 10.8. The van der Waals surface area contributed by atoms with E-state index >= 15 is 0 Å². The number of hydrogen-bond acceptors (Lipinski definition) is 1. The number of benzene rings is 2. The molecular formula is C17H19N. The van der Waals surface area contributed by atoms with Gasteiger partial charge in [-0.25, -0.2) is 0 Å². The third-order valence-electron chi connectivity index (χ3n) is 4.16. The van der Waals surface area contributed by atoms with Crippen LogP contribution in [0.4, 0.5) is 0 Å². The van der Waals surface area contributed by atoms with Crippen LogP contribution >= 0.6 is 0 Å². The molecule has 2 N–H and O–H groups in total. The second-order valence-corrected chi connectivity index (χ2v) is 5.42. The van der Waals surface area contributed by atoms with Gasteiger partial charge in [-0.15, -0.1) is 0 Å². The Bertz CT molecular complexity index is 573. The monoisotopic (exact) mass is 237 g/mol. The van der Waals surface area contributed by atoms with Crippen LogP contribution in [0.15, 0.2) is 48.5 Å². The molecule has 92 valence electrons. The molecule has 2 aromatic rings. The molecule has 0 bridgehead atoms. The van der Waals surface area contributed by atoms with Crippen LogP contribution in [0.25, 0.3) is 0 Å². The summed E-state index contributed by atoms with van der Waals surface area (Å²) in [7, 11) is 0. The van der Waals surface area contributed by atoms with Gasteiger partial charge >= 0.3 is 0 Å². The van der Waals surface area contributed by atoms with Gasteiger partial charge < -0.3 is 5.73 Å². The third-order valence-corrected chi connectivity index (χ3v) is 4.16. The first-order valence-corrected chi connectivity index (χ1v) is 6.61. The normalized spacial score (nSPS) is 21.9. The predicted octanol–water partition coefficient (Wildman–Crippen LogP) is 3.34. The smallest absolute Gasteiger partial charge is 0.0456 e. The van der Waals surface area contributed by atoms with Crippen molar-refractivity contribution in [3.63, 3.8) is 0 Å². The second kappa shape index (κ2) is 4.25. The van der Waals surface area contributed by atoms with E-state index in [2.05, 4.69) is 55.5 Å². The van der Waals surface area contributed by atoms with Crippen LogP contribution in [0, 0.1) is 6.92 Å². The van der Waals surface area contributed by atoms with Gasteiger partial charge in [-0.2, -0.15) is 0 Å². The van der Waals surface area contributed by atoms with Gasteiger partial charge in [0.05, 0.1) is 0 Å². The molecule has 1 aliphatic rings. The molecule has 1 unspecified atom stereocenters. The van der Waals surface area contributed by atoms with Gasteiger partial charge in [0, 0.05) is 5.54 Å². The van der Waals surface area contributed by atoms with Gasteiger partial charge in [0.2, 0.25) is 0 Å². The van der Waals surface area contributed by atoms with Crippen molar-refractivity contribution in [2.45, 2.75) is 31.7 Å². The van der Waals surface area contributed by atoms with Gasteiger partial charge in [-0.05, 0) is 48.4 Å². The fourth-order valence-corrected chi connectivity index (χ4v) is 3.05. The highest BCUT2D eigenvalue weighted by molar-refractivity contribution is 5.41. The molecule has 1 aliphatic carbocycles. The van der Waals surface area contributed by atoms with E-state index in [9.17, 15) is 0 Å². The Morgan fingerprint density at radius 2 is 1.78 bits per heavy atom. The molecule has 0 heterocycles. The van der Waals surface area contributed by atoms with Crippen LogP contribution in [0.1, 0.15) is 28.7 Å². The molecule has 0 amide bonds. The standard InChI is InChI=1S/C17H19N/c1-13-6-2-3-8-15(13)12-17(18)11-10-14-7-4-5-9-16(14)17/h2-9H,10-12,18H2,1H3. The van der Waals surface area contributed by atoms with E-state index in [4.69, 9.17) is 5.73 Å². The maximum atomic E-state index is 6.67. The van der Waals surface area contributed by atoms with Crippen LogP contribution in [0.5, 0.6) is 0 Å². The third kappa shape index (κ3) is 1.85. The Kier molecular flexibility index (Phi) is 2.71. The van der Waals surface area contributed by atoms with Crippen molar-refractivity contribution in [2.75, 3.05) is 0 Å². The fourth-order valence-electron chi connectivity index (χ4n) is 3.05. The summed E-state index contributed by atoms with van der Waals surface area (Å²) in [6.07, 6.45) is 3.11. The molecule has 1 atom stereocenters. The van der Waals surface area contributed by atoms with Crippen molar-refractivity contribution in [3.8, 4) is 0 Å². The lowest BCUT2D eigenvalue weighted by molar-refractivity contribution is 0.438. The van der Waals surface area contributed by atoms with Gasteiger partial charge in [0.15, 0.2) is 0 Å². The van der Waals surface area contributed by atoms with Crippen molar-refractivity contribution in [1.82, 2.24) is 0 Å². The summed E-state index contributed by atoms with van der Waals surface area (Å²) in [6.45, 7) is 2.17. The minimum Gasteiger partial charge on any atom is -0.321 e. The van der Waals surface area contributed by atoms with Crippen molar-refractivity contribution in [3.05, 3.63) is 70.8 Å². The van der Waals surface area contributed by atoms with Gasteiger partial charge in [0.25, 0.3) is 0 Å². The first kappa shape index (κ1) is 11.5. The Labute approximate surface area is 109 Å². The lowest BCUT2D eigenvalue weighted by atomic mass is 9.85. The van der Waals surface area contributed by atoms with E-state index in [1.807, 2.05) is 0 Å². The second-order valence-electron chi connectivity index (χ2n) is 5.42. The lowest BCUT2D eigenvalue weighted by Gasteiger charge is -2.26. The van der Waals surface area contributed by atoms with E-state index in [-0.39, 0.29) is 5.54 Å². The maximum absolute atomic E-state index is 6.67. The van der Waals surface area contributed by atoms with E-state index in [1.54, 1.807) is 0 Å². The minimum atomic E-state index is -0.178. The van der Waals surface area contributed by atoms with Crippen molar-refractivity contribution < 1.29 is 0 Å². The number of fused-ring (bicyclic) bond motifs is 1. The number of nitrogens with two attached hydrogens (primary N) is 1. The molecule has 1 heteroatoms. The molecule has 3 rings (SSSR count). The summed E-state index contributed by atoms with van der Waals surface area (Å²) in [5.74, 6) is 0. The molecular weight excluding hydrogens is 218 g/mol. The van der Waals surface area contributed by atoms with Crippen molar-refractivity contribution >= 4 is 0 Å². The first-order valence-electron chi connectivity index (χ1n) is 6.61. The fraction of sp³-hybridized carbons (Fsp3) is 0.294. The van der Waals surface area contributed by atoms with E-state index in [0.29, 0.717) is 0 Å². The highest BCUT2D eigenvalue weighted by Crippen LogP contribution is 2.37. The number of rotatable bonds is 2. The van der Waals surface area contributed by atoms with Crippen LogP contribution in [0.3, 0.4) is 0 Å². The number of aryl methyl sites for hydroxylation is 2. The summed E-state index contributed by atoms with van der Waals surface area (Å²) in [6, 6.07) is 17.2. The SMILES string of the molecule is Cc1ccccc1CC1(N)CCc2ccccc21. The lowest BCUT2D eigenvalue weighted by Crippen LogP contribution is -2.36. The summed E-state index contributed by atoms with van der Waals surface area (Å²) in [4.78, 5) is 0. The molecule has 18 heavy (non-hydrogen) atoms. The Hall–Kier alpha value is -1.60. The Morgan fingerprint density at radius 3 is 2.61 bits per heavy atom. The molecule has 0 spiro atoms. The van der Waals surface area contributed by atoms with Crippen LogP contribution in [-0.4, -0.2) is 0 Å². The molecule has 0 fully saturated rings. The average Bonchev–Trinajstić information content (AvgIpc) is 2.71. The minimum absolute atomic E-state index is 0.178. The largest absolute Gasteiger partial charge is 0.321 e. The van der Waals surface area contributed by atoms with Gasteiger partial charge in [-0.3, -0.25) is 0 Å².